The van der Waals surface area contributed by atoms with Crippen LogP contribution < -0.4 is 9.64 Å². The average molecular weight is 347 g/mol. The van der Waals surface area contributed by atoms with Crippen molar-refractivity contribution < 1.29 is 9.53 Å². The van der Waals surface area contributed by atoms with Crippen LogP contribution in [0.3, 0.4) is 0 Å². The highest BCUT2D eigenvalue weighted by molar-refractivity contribution is 7.22. The Morgan fingerprint density at radius 3 is 2.58 bits per heavy atom. The molecule has 0 atom stereocenters. The first kappa shape index (κ1) is 17.0. The van der Waals surface area contributed by atoms with Gasteiger partial charge in [-0.1, -0.05) is 32.1 Å². The van der Waals surface area contributed by atoms with E-state index in [9.17, 15) is 4.79 Å². The van der Waals surface area contributed by atoms with Crippen LogP contribution >= 0.6 is 11.3 Å². The number of benzene rings is 1. The van der Waals surface area contributed by atoms with Gasteiger partial charge in [0.1, 0.15) is 5.75 Å². The van der Waals surface area contributed by atoms with Crippen LogP contribution in [0.5, 0.6) is 5.75 Å². The first-order valence-electron chi connectivity index (χ1n) is 8.46. The van der Waals surface area contributed by atoms with Crippen molar-refractivity contribution in [3.05, 3.63) is 18.2 Å². The largest absolute Gasteiger partial charge is 0.494 e. The maximum Gasteiger partial charge on any atom is 0.228 e. The van der Waals surface area contributed by atoms with E-state index in [1.807, 2.05) is 44.7 Å². The Balaban J connectivity index is 1.70. The summed E-state index contributed by atoms with van der Waals surface area (Å²) in [6, 6.07) is 6.04. The van der Waals surface area contributed by atoms with Crippen LogP contribution in [0.1, 0.15) is 27.7 Å². The molecule has 1 aliphatic rings. The SMILES string of the molecule is CCOc1ccc2nc(N3CCN(C(=O)C(C)(C)C)CC3)sc2c1. The van der Waals surface area contributed by atoms with Crippen LogP contribution in [0.4, 0.5) is 5.13 Å². The summed E-state index contributed by atoms with van der Waals surface area (Å²) in [6.45, 7) is 11.8. The highest BCUT2D eigenvalue weighted by atomic mass is 32.1. The minimum absolute atomic E-state index is 0.229. The van der Waals surface area contributed by atoms with Gasteiger partial charge in [0, 0.05) is 31.6 Å². The molecule has 0 aliphatic carbocycles. The Bertz CT molecular complexity index is 727. The second-order valence-corrected chi connectivity index (χ2v) is 8.10. The van der Waals surface area contributed by atoms with Gasteiger partial charge in [-0.2, -0.15) is 0 Å². The van der Waals surface area contributed by atoms with E-state index in [2.05, 4.69) is 11.0 Å². The lowest BCUT2D eigenvalue weighted by molar-refractivity contribution is -0.139. The van der Waals surface area contributed by atoms with Crippen LogP contribution in [0, 0.1) is 5.41 Å². The van der Waals surface area contributed by atoms with Crippen molar-refractivity contribution >= 4 is 32.6 Å². The molecule has 3 rings (SSSR count). The Morgan fingerprint density at radius 2 is 1.96 bits per heavy atom. The van der Waals surface area contributed by atoms with Crippen LogP contribution in [0.2, 0.25) is 0 Å². The minimum Gasteiger partial charge on any atom is -0.494 e. The van der Waals surface area contributed by atoms with Gasteiger partial charge in [-0.25, -0.2) is 4.98 Å². The number of nitrogens with zero attached hydrogens (tertiary/aromatic N) is 3. The molecule has 0 bridgehead atoms. The van der Waals surface area contributed by atoms with E-state index in [-0.39, 0.29) is 11.3 Å². The predicted molar refractivity (Wildman–Crippen MR) is 99.0 cm³/mol. The van der Waals surface area contributed by atoms with Crippen LogP contribution in [0.15, 0.2) is 18.2 Å². The summed E-state index contributed by atoms with van der Waals surface area (Å²) in [5.41, 5.74) is 0.694. The van der Waals surface area contributed by atoms with Gasteiger partial charge >= 0.3 is 0 Å². The van der Waals surface area contributed by atoms with E-state index in [0.29, 0.717) is 6.61 Å². The summed E-state index contributed by atoms with van der Waals surface area (Å²) in [5, 5.41) is 1.03. The summed E-state index contributed by atoms with van der Waals surface area (Å²) in [6.07, 6.45) is 0. The molecule has 0 unspecified atom stereocenters. The molecule has 24 heavy (non-hydrogen) atoms. The monoisotopic (exact) mass is 347 g/mol. The maximum atomic E-state index is 12.4. The molecular weight excluding hydrogens is 322 g/mol. The number of fused-ring (bicyclic) bond motifs is 1. The quantitative estimate of drug-likeness (QED) is 0.854. The average Bonchev–Trinajstić information content (AvgIpc) is 2.97. The van der Waals surface area contributed by atoms with Gasteiger partial charge in [-0.05, 0) is 25.1 Å². The molecule has 1 amide bonds. The van der Waals surface area contributed by atoms with Gasteiger partial charge in [0.15, 0.2) is 5.13 Å². The lowest BCUT2D eigenvalue weighted by Gasteiger charge is -2.37. The van der Waals surface area contributed by atoms with E-state index < -0.39 is 0 Å². The van der Waals surface area contributed by atoms with Crippen LogP contribution in [-0.2, 0) is 4.79 Å². The van der Waals surface area contributed by atoms with Crippen molar-refractivity contribution in [1.29, 1.82) is 0 Å². The Kier molecular flexibility index (Phi) is 4.67. The molecule has 130 valence electrons. The maximum absolute atomic E-state index is 12.4. The second-order valence-electron chi connectivity index (χ2n) is 7.09. The van der Waals surface area contributed by atoms with Crippen molar-refractivity contribution in [2.45, 2.75) is 27.7 Å². The molecule has 2 heterocycles. The van der Waals surface area contributed by atoms with Gasteiger partial charge in [-0.15, -0.1) is 0 Å². The normalized spacial score (nSPS) is 15.8. The Morgan fingerprint density at radius 1 is 1.25 bits per heavy atom. The van der Waals surface area contributed by atoms with E-state index >= 15 is 0 Å². The van der Waals surface area contributed by atoms with E-state index in [4.69, 9.17) is 9.72 Å². The summed E-state index contributed by atoms with van der Waals surface area (Å²) in [7, 11) is 0. The number of hydrogen-bond acceptors (Lipinski definition) is 5. The number of piperazine rings is 1. The fourth-order valence-electron chi connectivity index (χ4n) is 2.86. The zero-order chi connectivity index (χ0) is 17.3. The number of ether oxygens (including phenoxy) is 1. The fourth-order valence-corrected chi connectivity index (χ4v) is 3.91. The Labute approximate surface area is 147 Å². The molecule has 1 aromatic carbocycles. The van der Waals surface area contributed by atoms with E-state index in [1.165, 1.54) is 0 Å². The summed E-state index contributed by atoms with van der Waals surface area (Å²) in [5.74, 6) is 1.12. The smallest absolute Gasteiger partial charge is 0.228 e. The standard InChI is InChI=1S/C18H25N3O2S/c1-5-23-13-6-7-14-15(12-13)24-17(19-14)21-10-8-20(9-11-21)16(22)18(2,3)4/h6-7,12H,5,8-11H2,1-4H3. The zero-order valence-corrected chi connectivity index (χ0v) is 15.7. The number of carbonyl (C=O) groups is 1. The van der Waals surface area contributed by atoms with Crippen molar-refractivity contribution in [3.8, 4) is 5.75 Å². The summed E-state index contributed by atoms with van der Waals surface area (Å²) in [4.78, 5) is 21.4. The van der Waals surface area contributed by atoms with Gasteiger partial charge < -0.3 is 14.5 Å². The first-order chi connectivity index (χ1) is 11.4. The number of aromatic nitrogens is 1. The molecule has 6 heteroatoms. The highest BCUT2D eigenvalue weighted by Crippen LogP contribution is 2.32. The Hall–Kier alpha value is -1.82. The molecule has 2 aromatic rings. The highest BCUT2D eigenvalue weighted by Gasteiger charge is 2.30. The second kappa shape index (κ2) is 6.59. The molecule has 1 aromatic heterocycles. The molecule has 0 saturated carbocycles. The lowest BCUT2D eigenvalue weighted by Crippen LogP contribution is -2.51. The summed E-state index contributed by atoms with van der Waals surface area (Å²) >= 11 is 1.69. The van der Waals surface area contributed by atoms with Gasteiger partial charge in [0.05, 0.1) is 16.8 Å². The predicted octanol–water partition coefficient (Wildman–Crippen LogP) is 3.39. The lowest BCUT2D eigenvalue weighted by atomic mass is 9.94. The number of rotatable bonds is 3. The third-order valence-electron chi connectivity index (χ3n) is 4.14. The van der Waals surface area contributed by atoms with Gasteiger partial charge in [-0.3, -0.25) is 4.79 Å². The molecule has 0 spiro atoms. The minimum atomic E-state index is -0.312. The molecule has 5 nitrogen and oxygen atoms in total. The fraction of sp³-hybridized carbons (Fsp3) is 0.556. The van der Waals surface area contributed by atoms with Crippen molar-refractivity contribution in [1.82, 2.24) is 9.88 Å². The third kappa shape index (κ3) is 3.48. The number of anilines is 1. The molecule has 1 fully saturated rings. The number of carbonyl (C=O) groups excluding carboxylic acids is 1. The molecular formula is C18H25N3O2S. The molecule has 0 radical (unpaired) electrons. The topological polar surface area (TPSA) is 45.7 Å². The van der Waals surface area contributed by atoms with Gasteiger partial charge in [0.25, 0.3) is 0 Å². The van der Waals surface area contributed by atoms with Crippen molar-refractivity contribution in [2.24, 2.45) is 5.41 Å². The number of thiazole rings is 1. The van der Waals surface area contributed by atoms with E-state index in [1.54, 1.807) is 11.3 Å². The first-order valence-corrected chi connectivity index (χ1v) is 9.28. The van der Waals surface area contributed by atoms with Gasteiger partial charge in [0.2, 0.25) is 5.91 Å². The number of amides is 1. The number of hydrogen-bond donors (Lipinski definition) is 0. The molecule has 1 saturated heterocycles. The van der Waals surface area contributed by atoms with Crippen LogP contribution in [0.25, 0.3) is 10.2 Å². The van der Waals surface area contributed by atoms with Crippen molar-refractivity contribution in [3.63, 3.8) is 0 Å². The zero-order valence-electron chi connectivity index (χ0n) is 14.8. The molecule has 1 aliphatic heterocycles. The van der Waals surface area contributed by atoms with Crippen LogP contribution in [-0.4, -0.2) is 48.6 Å². The van der Waals surface area contributed by atoms with Crippen molar-refractivity contribution in [2.75, 3.05) is 37.7 Å². The summed E-state index contributed by atoms with van der Waals surface area (Å²) < 4.78 is 6.70. The van der Waals surface area contributed by atoms with E-state index in [0.717, 1.165) is 47.3 Å². The molecule has 0 N–H and O–H groups in total. The third-order valence-corrected chi connectivity index (χ3v) is 5.22.